The molecule has 5 nitrogen and oxygen atoms in total. The summed E-state index contributed by atoms with van der Waals surface area (Å²) in [6, 6.07) is 1.70. The Balaban J connectivity index is 2.44. The van der Waals surface area contributed by atoms with E-state index in [0.717, 1.165) is 10.9 Å². The molecule has 0 aromatic carbocycles. The SMILES string of the molecule is [N-]=[N+]=NCC#Cc1c[nH]c2nccc(Cl)c12. The van der Waals surface area contributed by atoms with Crippen LogP contribution in [0.25, 0.3) is 21.5 Å². The molecule has 0 saturated carbocycles. The molecule has 0 unspecified atom stereocenters. The van der Waals surface area contributed by atoms with Gasteiger partial charge in [0.15, 0.2) is 0 Å². The lowest BCUT2D eigenvalue weighted by Gasteiger charge is -1.92. The van der Waals surface area contributed by atoms with Gasteiger partial charge >= 0.3 is 0 Å². The summed E-state index contributed by atoms with van der Waals surface area (Å²) in [4.78, 5) is 9.70. The van der Waals surface area contributed by atoms with Crippen LogP contribution in [0.5, 0.6) is 0 Å². The maximum atomic E-state index is 8.09. The van der Waals surface area contributed by atoms with E-state index in [1.807, 2.05) is 0 Å². The van der Waals surface area contributed by atoms with Gasteiger partial charge in [-0.05, 0) is 11.6 Å². The highest BCUT2D eigenvalue weighted by Gasteiger charge is 2.05. The molecule has 0 spiro atoms. The molecule has 0 radical (unpaired) electrons. The van der Waals surface area contributed by atoms with Gasteiger partial charge < -0.3 is 4.98 Å². The van der Waals surface area contributed by atoms with E-state index in [9.17, 15) is 0 Å². The first-order valence-corrected chi connectivity index (χ1v) is 4.82. The highest BCUT2D eigenvalue weighted by atomic mass is 35.5. The largest absolute Gasteiger partial charge is 0.345 e. The molecule has 78 valence electrons. The number of fused-ring (bicyclic) bond motifs is 1. The molecular formula is C10H6ClN5. The molecule has 2 heterocycles. The summed E-state index contributed by atoms with van der Waals surface area (Å²) in [6.07, 6.45) is 3.35. The van der Waals surface area contributed by atoms with Crippen LogP contribution in [-0.4, -0.2) is 16.5 Å². The van der Waals surface area contributed by atoms with Crippen LogP contribution in [-0.2, 0) is 0 Å². The minimum atomic E-state index is 0.140. The molecule has 1 N–H and O–H groups in total. The summed E-state index contributed by atoms with van der Waals surface area (Å²) in [6.45, 7) is 0.140. The third-order valence-electron chi connectivity index (χ3n) is 1.96. The number of halogens is 1. The first-order chi connectivity index (χ1) is 7.83. The van der Waals surface area contributed by atoms with Crippen LogP contribution in [0.2, 0.25) is 5.02 Å². The van der Waals surface area contributed by atoms with Gasteiger partial charge in [0.1, 0.15) is 5.65 Å². The topological polar surface area (TPSA) is 77.4 Å². The van der Waals surface area contributed by atoms with Gasteiger partial charge in [0.2, 0.25) is 0 Å². The summed E-state index contributed by atoms with van der Waals surface area (Å²) < 4.78 is 0. The molecule has 0 fully saturated rings. The minimum Gasteiger partial charge on any atom is -0.345 e. The number of nitrogens with one attached hydrogen (secondary N) is 1. The zero-order valence-electron chi connectivity index (χ0n) is 8.11. The summed E-state index contributed by atoms with van der Waals surface area (Å²) in [5.41, 5.74) is 9.54. The summed E-state index contributed by atoms with van der Waals surface area (Å²) in [5, 5.41) is 4.71. The van der Waals surface area contributed by atoms with Gasteiger partial charge in [-0.1, -0.05) is 28.6 Å². The number of hydrogen-bond donors (Lipinski definition) is 1. The van der Waals surface area contributed by atoms with Crippen LogP contribution < -0.4 is 0 Å². The quantitative estimate of drug-likeness (QED) is 0.348. The zero-order chi connectivity index (χ0) is 11.4. The fraction of sp³-hybridized carbons (Fsp3) is 0.100. The van der Waals surface area contributed by atoms with Gasteiger partial charge in [-0.3, -0.25) is 0 Å². The molecule has 0 amide bonds. The van der Waals surface area contributed by atoms with Crippen molar-refractivity contribution in [3.63, 3.8) is 0 Å². The van der Waals surface area contributed by atoms with Crippen molar-refractivity contribution in [1.82, 2.24) is 9.97 Å². The molecule has 2 aromatic rings. The molecule has 2 aromatic heterocycles. The lowest BCUT2D eigenvalue weighted by atomic mass is 10.2. The molecular weight excluding hydrogens is 226 g/mol. The van der Waals surface area contributed by atoms with Crippen molar-refractivity contribution < 1.29 is 0 Å². The highest BCUT2D eigenvalue weighted by Crippen LogP contribution is 2.23. The fourth-order valence-corrected chi connectivity index (χ4v) is 1.56. The second-order valence-corrected chi connectivity index (χ2v) is 3.32. The number of rotatable bonds is 1. The van der Waals surface area contributed by atoms with Gasteiger partial charge in [-0.2, -0.15) is 0 Å². The number of aromatic nitrogens is 2. The predicted octanol–water partition coefficient (Wildman–Crippen LogP) is 2.88. The maximum Gasteiger partial charge on any atom is 0.140 e. The molecule has 0 atom stereocenters. The first-order valence-electron chi connectivity index (χ1n) is 4.44. The number of aromatic amines is 1. The van der Waals surface area contributed by atoms with Crippen LogP contribution in [0.1, 0.15) is 5.56 Å². The van der Waals surface area contributed by atoms with Gasteiger partial charge in [0.05, 0.1) is 22.5 Å². The fourth-order valence-electron chi connectivity index (χ4n) is 1.32. The second-order valence-electron chi connectivity index (χ2n) is 2.91. The van der Waals surface area contributed by atoms with Crippen molar-refractivity contribution >= 4 is 22.6 Å². The van der Waals surface area contributed by atoms with Crippen molar-refractivity contribution in [3.05, 3.63) is 39.5 Å². The molecule has 0 saturated heterocycles. The van der Waals surface area contributed by atoms with E-state index in [1.54, 1.807) is 18.5 Å². The summed E-state index contributed by atoms with van der Waals surface area (Å²) in [5.74, 6) is 5.60. The predicted molar refractivity (Wildman–Crippen MR) is 62.0 cm³/mol. The molecule has 0 aliphatic heterocycles. The average molecular weight is 232 g/mol. The van der Waals surface area contributed by atoms with E-state index in [-0.39, 0.29) is 6.54 Å². The lowest BCUT2D eigenvalue weighted by molar-refractivity contribution is 1.25. The zero-order valence-corrected chi connectivity index (χ0v) is 8.86. The van der Waals surface area contributed by atoms with E-state index in [4.69, 9.17) is 17.1 Å². The Morgan fingerprint density at radius 2 is 2.50 bits per heavy atom. The number of pyridine rings is 1. The first kappa shape index (κ1) is 10.4. The van der Waals surface area contributed by atoms with Gasteiger partial charge in [0.25, 0.3) is 0 Å². The van der Waals surface area contributed by atoms with Crippen LogP contribution in [0, 0.1) is 11.8 Å². The number of nitrogens with zero attached hydrogens (tertiary/aromatic N) is 4. The lowest BCUT2D eigenvalue weighted by Crippen LogP contribution is -1.77. The minimum absolute atomic E-state index is 0.140. The Kier molecular flexibility index (Phi) is 2.97. The van der Waals surface area contributed by atoms with Crippen molar-refractivity contribution in [2.24, 2.45) is 5.11 Å². The molecule has 2 rings (SSSR count). The number of azide groups is 1. The van der Waals surface area contributed by atoms with Gasteiger partial charge in [-0.25, -0.2) is 4.98 Å². The van der Waals surface area contributed by atoms with Crippen LogP contribution >= 0.6 is 11.6 Å². The molecule has 6 heteroatoms. The second kappa shape index (κ2) is 4.58. The third kappa shape index (κ3) is 1.94. The molecule has 0 bridgehead atoms. The molecule has 0 aliphatic rings. The molecule has 0 aliphatic carbocycles. The maximum absolute atomic E-state index is 8.09. The van der Waals surface area contributed by atoms with E-state index >= 15 is 0 Å². The van der Waals surface area contributed by atoms with E-state index < -0.39 is 0 Å². The average Bonchev–Trinajstić information content (AvgIpc) is 2.69. The molecule has 16 heavy (non-hydrogen) atoms. The Hall–Kier alpha value is -2.15. The highest BCUT2D eigenvalue weighted by molar-refractivity contribution is 6.35. The summed E-state index contributed by atoms with van der Waals surface area (Å²) in [7, 11) is 0. The number of H-pyrrole nitrogens is 1. The van der Waals surface area contributed by atoms with E-state index in [2.05, 4.69) is 31.8 Å². The monoisotopic (exact) mass is 231 g/mol. The van der Waals surface area contributed by atoms with Crippen molar-refractivity contribution in [2.45, 2.75) is 0 Å². The van der Waals surface area contributed by atoms with Crippen LogP contribution in [0.3, 0.4) is 0 Å². The Labute approximate surface area is 96.1 Å². The van der Waals surface area contributed by atoms with Crippen molar-refractivity contribution in [1.29, 1.82) is 0 Å². The van der Waals surface area contributed by atoms with E-state index in [0.29, 0.717) is 10.7 Å². The third-order valence-corrected chi connectivity index (χ3v) is 2.27. The number of hydrogen-bond acceptors (Lipinski definition) is 2. The Morgan fingerprint density at radius 3 is 3.31 bits per heavy atom. The van der Waals surface area contributed by atoms with Gasteiger partial charge in [0, 0.05) is 17.3 Å². The van der Waals surface area contributed by atoms with Crippen LogP contribution in [0.4, 0.5) is 0 Å². The Bertz CT molecular complexity index is 627. The van der Waals surface area contributed by atoms with E-state index in [1.165, 1.54) is 0 Å². The van der Waals surface area contributed by atoms with Crippen LogP contribution in [0.15, 0.2) is 23.6 Å². The summed E-state index contributed by atoms with van der Waals surface area (Å²) >= 11 is 6.03. The van der Waals surface area contributed by atoms with Crippen molar-refractivity contribution in [3.8, 4) is 11.8 Å². The van der Waals surface area contributed by atoms with Gasteiger partial charge in [-0.15, -0.1) is 0 Å². The Morgan fingerprint density at radius 1 is 1.62 bits per heavy atom. The smallest absolute Gasteiger partial charge is 0.140 e. The standard InChI is InChI=1S/C10H6ClN5/c11-8-3-5-13-10-9(8)7(6-14-10)2-1-4-15-16-12/h3,5-6H,4H2,(H,13,14). The van der Waals surface area contributed by atoms with Crippen molar-refractivity contribution in [2.75, 3.05) is 6.54 Å². The normalized spacial score (nSPS) is 9.31.